The molecule has 0 unspecified atom stereocenters. The second-order valence-electron chi connectivity index (χ2n) is 5.58. The number of nitrogens with zero attached hydrogens (tertiary/aromatic N) is 4. The molecular weight excluding hydrogens is 337 g/mol. The Balaban J connectivity index is 1.67. The van der Waals surface area contributed by atoms with Crippen LogP contribution in [0, 0.1) is 0 Å². The van der Waals surface area contributed by atoms with Crippen molar-refractivity contribution in [2.45, 2.75) is 6.18 Å². The molecule has 0 aromatic carbocycles. The SMILES string of the molecule is O=C(O)c1ccc(N2CCN(c3ccnc(C(F)(F)F)c3)CC2)nc1. The van der Waals surface area contributed by atoms with Gasteiger partial charge in [-0.1, -0.05) is 0 Å². The van der Waals surface area contributed by atoms with Crippen LogP contribution in [-0.4, -0.2) is 47.2 Å². The van der Waals surface area contributed by atoms with Gasteiger partial charge in [0.25, 0.3) is 0 Å². The predicted octanol–water partition coefficient (Wildman–Crippen LogP) is 2.52. The van der Waals surface area contributed by atoms with Gasteiger partial charge in [0.15, 0.2) is 0 Å². The lowest BCUT2D eigenvalue weighted by molar-refractivity contribution is -0.141. The summed E-state index contributed by atoms with van der Waals surface area (Å²) in [6, 6.07) is 5.73. The first-order valence-corrected chi connectivity index (χ1v) is 7.57. The van der Waals surface area contributed by atoms with Crippen LogP contribution < -0.4 is 9.80 Å². The van der Waals surface area contributed by atoms with E-state index in [1.165, 1.54) is 12.3 Å². The van der Waals surface area contributed by atoms with Gasteiger partial charge >= 0.3 is 12.1 Å². The van der Waals surface area contributed by atoms with E-state index >= 15 is 0 Å². The van der Waals surface area contributed by atoms with Gasteiger partial charge in [0.1, 0.15) is 11.5 Å². The standard InChI is InChI=1S/C16H15F3N4O2/c17-16(18,19)13-9-12(3-4-20-13)22-5-7-23(8-6-22)14-2-1-11(10-21-14)15(24)25/h1-4,9-10H,5-8H2,(H,24,25). The maximum absolute atomic E-state index is 12.8. The minimum atomic E-state index is -4.46. The largest absolute Gasteiger partial charge is 0.478 e. The summed E-state index contributed by atoms with van der Waals surface area (Å²) in [6.07, 6.45) is -2.01. The number of aromatic carboxylic acids is 1. The summed E-state index contributed by atoms with van der Waals surface area (Å²) >= 11 is 0. The third kappa shape index (κ3) is 3.81. The Labute approximate surface area is 141 Å². The molecule has 0 spiro atoms. The molecule has 132 valence electrons. The van der Waals surface area contributed by atoms with E-state index in [0.717, 1.165) is 12.3 Å². The van der Waals surface area contributed by atoms with Crippen molar-refractivity contribution in [3.05, 3.63) is 47.9 Å². The lowest BCUT2D eigenvalue weighted by Crippen LogP contribution is -2.46. The maximum Gasteiger partial charge on any atom is 0.433 e. The summed E-state index contributed by atoms with van der Waals surface area (Å²) in [4.78, 5) is 22.2. The summed E-state index contributed by atoms with van der Waals surface area (Å²) in [5.74, 6) is -0.391. The van der Waals surface area contributed by atoms with E-state index in [0.29, 0.717) is 37.7 Å². The molecule has 2 aromatic rings. The fourth-order valence-corrected chi connectivity index (χ4v) is 2.66. The predicted molar refractivity (Wildman–Crippen MR) is 84.9 cm³/mol. The van der Waals surface area contributed by atoms with Gasteiger partial charge in [-0.25, -0.2) is 9.78 Å². The molecule has 1 aliphatic rings. The average molecular weight is 352 g/mol. The maximum atomic E-state index is 12.8. The number of pyridine rings is 2. The van der Waals surface area contributed by atoms with Crippen molar-refractivity contribution in [2.75, 3.05) is 36.0 Å². The molecule has 0 aliphatic carbocycles. The van der Waals surface area contributed by atoms with E-state index in [1.54, 1.807) is 12.1 Å². The highest BCUT2D eigenvalue weighted by atomic mass is 19.4. The summed E-state index contributed by atoms with van der Waals surface area (Å²) in [6.45, 7) is 2.21. The van der Waals surface area contributed by atoms with E-state index in [1.807, 2.05) is 9.80 Å². The van der Waals surface area contributed by atoms with Crippen LogP contribution in [0.15, 0.2) is 36.7 Å². The Morgan fingerprint density at radius 2 is 1.72 bits per heavy atom. The molecule has 2 aromatic heterocycles. The first kappa shape index (κ1) is 17.0. The van der Waals surface area contributed by atoms with Crippen molar-refractivity contribution in [2.24, 2.45) is 0 Å². The Hall–Kier alpha value is -2.84. The van der Waals surface area contributed by atoms with Crippen LogP contribution in [0.2, 0.25) is 0 Å². The van der Waals surface area contributed by atoms with Gasteiger partial charge in [-0.2, -0.15) is 13.2 Å². The Morgan fingerprint density at radius 1 is 1.04 bits per heavy atom. The Morgan fingerprint density at radius 3 is 2.28 bits per heavy atom. The number of carbonyl (C=O) groups is 1. The monoisotopic (exact) mass is 352 g/mol. The minimum absolute atomic E-state index is 0.110. The van der Waals surface area contributed by atoms with Gasteiger partial charge in [-0.3, -0.25) is 4.98 Å². The average Bonchev–Trinajstić information content (AvgIpc) is 2.61. The van der Waals surface area contributed by atoms with Crippen LogP contribution in [0.5, 0.6) is 0 Å². The van der Waals surface area contributed by atoms with Gasteiger partial charge in [-0.15, -0.1) is 0 Å². The minimum Gasteiger partial charge on any atom is -0.478 e. The normalized spacial score (nSPS) is 15.3. The molecule has 1 aliphatic heterocycles. The smallest absolute Gasteiger partial charge is 0.433 e. The van der Waals surface area contributed by atoms with Crippen LogP contribution in [0.1, 0.15) is 16.1 Å². The van der Waals surface area contributed by atoms with E-state index in [-0.39, 0.29) is 5.56 Å². The van der Waals surface area contributed by atoms with Gasteiger partial charge in [0.05, 0.1) is 5.56 Å². The van der Waals surface area contributed by atoms with Crippen molar-refractivity contribution in [1.29, 1.82) is 0 Å². The number of anilines is 2. The highest BCUT2D eigenvalue weighted by molar-refractivity contribution is 5.87. The van der Waals surface area contributed by atoms with Gasteiger partial charge in [-0.05, 0) is 24.3 Å². The first-order chi connectivity index (χ1) is 11.8. The topological polar surface area (TPSA) is 69.6 Å². The van der Waals surface area contributed by atoms with Crippen molar-refractivity contribution >= 4 is 17.5 Å². The third-order valence-corrected chi connectivity index (χ3v) is 4.00. The van der Waals surface area contributed by atoms with Crippen LogP contribution in [0.25, 0.3) is 0 Å². The number of rotatable bonds is 3. The number of carboxylic acid groups (broad SMARTS) is 1. The number of hydrogen-bond donors (Lipinski definition) is 1. The number of carboxylic acids is 1. The van der Waals surface area contributed by atoms with E-state index in [4.69, 9.17) is 5.11 Å². The summed E-state index contributed by atoms with van der Waals surface area (Å²) in [5.41, 5.74) is -0.312. The zero-order valence-corrected chi connectivity index (χ0v) is 13.1. The fourth-order valence-electron chi connectivity index (χ4n) is 2.66. The first-order valence-electron chi connectivity index (χ1n) is 7.57. The Kier molecular flexibility index (Phi) is 4.47. The molecule has 0 radical (unpaired) electrons. The number of alkyl halides is 3. The molecule has 6 nitrogen and oxygen atoms in total. The molecule has 3 rings (SSSR count). The zero-order chi connectivity index (χ0) is 18.0. The van der Waals surface area contributed by atoms with Crippen molar-refractivity contribution < 1.29 is 23.1 Å². The number of halogens is 3. The fraction of sp³-hybridized carbons (Fsp3) is 0.312. The lowest BCUT2D eigenvalue weighted by Gasteiger charge is -2.36. The quantitative estimate of drug-likeness (QED) is 0.915. The zero-order valence-electron chi connectivity index (χ0n) is 13.1. The van der Waals surface area contributed by atoms with E-state index < -0.39 is 17.8 Å². The third-order valence-electron chi connectivity index (χ3n) is 4.00. The van der Waals surface area contributed by atoms with Gasteiger partial charge in [0, 0.05) is 44.3 Å². The lowest BCUT2D eigenvalue weighted by atomic mass is 10.2. The van der Waals surface area contributed by atoms with Crippen LogP contribution in [0.3, 0.4) is 0 Å². The highest BCUT2D eigenvalue weighted by Gasteiger charge is 2.33. The molecule has 0 atom stereocenters. The van der Waals surface area contributed by atoms with E-state index in [9.17, 15) is 18.0 Å². The van der Waals surface area contributed by atoms with Crippen LogP contribution >= 0.6 is 0 Å². The molecule has 1 saturated heterocycles. The molecule has 1 fully saturated rings. The molecule has 25 heavy (non-hydrogen) atoms. The van der Waals surface area contributed by atoms with Crippen molar-refractivity contribution in [3.63, 3.8) is 0 Å². The molecule has 1 N–H and O–H groups in total. The molecule has 0 saturated carbocycles. The molecule has 0 amide bonds. The van der Waals surface area contributed by atoms with Gasteiger partial charge in [0.2, 0.25) is 0 Å². The van der Waals surface area contributed by atoms with E-state index in [2.05, 4.69) is 9.97 Å². The summed E-state index contributed by atoms with van der Waals surface area (Å²) < 4.78 is 38.3. The second kappa shape index (κ2) is 6.58. The van der Waals surface area contributed by atoms with Crippen LogP contribution in [0.4, 0.5) is 24.7 Å². The molecule has 9 heteroatoms. The van der Waals surface area contributed by atoms with Crippen LogP contribution in [-0.2, 0) is 6.18 Å². The number of aromatic nitrogens is 2. The summed E-state index contributed by atoms with van der Waals surface area (Å²) in [7, 11) is 0. The summed E-state index contributed by atoms with van der Waals surface area (Å²) in [5, 5.41) is 8.88. The van der Waals surface area contributed by atoms with Crippen molar-refractivity contribution in [3.8, 4) is 0 Å². The second-order valence-corrected chi connectivity index (χ2v) is 5.58. The van der Waals surface area contributed by atoms with Crippen molar-refractivity contribution in [1.82, 2.24) is 9.97 Å². The molecule has 0 bridgehead atoms. The number of hydrogen-bond acceptors (Lipinski definition) is 5. The molecular formula is C16H15F3N4O2. The van der Waals surface area contributed by atoms with Gasteiger partial charge < -0.3 is 14.9 Å². The highest BCUT2D eigenvalue weighted by Crippen LogP contribution is 2.30. The number of piperazine rings is 1. The molecule has 3 heterocycles. The Bertz CT molecular complexity index is 757.